The number of rotatable bonds is 6. The molecule has 0 unspecified atom stereocenters. The molecule has 0 aliphatic carbocycles. The minimum Gasteiger partial charge on any atom is -0.550 e. The molecule has 0 heterocycles. The molecule has 0 aliphatic heterocycles. The molecule has 0 rings (SSSR count). The van der Waals surface area contributed by atoms with Crippen LogP contribution in [0.2, 0.25) is 0 Å². The van der Waals surface area contributed by atoms with Crippen molar-refractivity contribution in [3.8, 4) is 0 Å². The molecule has 1 N–H and O–H groups in total. The number of carboxylic acid groups (broad SMARTS) is 2. The van der Waals surface area contributed by atoms with Gasteiger partial charge in [0.05, 0.1) is 0 Å². The second kappa shape index (κ2) is 9.03. The van der Waals surface area contributed by atoms with Gasteiger partial charge in [0.2, 0.25) is 0 Å². The number of hydrogen-bond donors (Lipinski definition) is 1. The summed E-state index contributed by atoms with van der Waals surface area (Å²) in [6.07, 6.45) is 1.84. The first-order valence-corrected chi connectivity index (χ1v) is 3.54. The van der Waals surface area contributed by atoms with E-state index >= 15 is 0 Å². The van der Waals surface area contributed by atoms with Gasteiger partial charge < -0.3 is 15.0 Å². The molecule has 0 aromatic heterocycles. The SMILES string of the molecule is O=C([O-])CCCCCC(=O)O.[Na+]. The van der Waals surface area contributed by atoms with Crippen molar-refractivity contribution in [1.82, 2.24) is 0 Å². The van der Waals surface area contributed by atoms with Crippen LogP contribution in [0.15, 0.2) is 0 Å². The van der Waals surface area contributed by atoms with E-state index in [9.17, 15) is 14.7 Å². The molecule has 0 radical (unpaired) electrons. The summed E-state index contributed by atoms with van der Waals surface area (Å²) in [5.41, 5.74) is 0. The van der Waals surface area contributed by atoms with Gasteiger partial charge >= 0.3 is 35.5 Å². The molecule has 0 atom stereocenters. The quantitative estimate of drug-likeness (QED) is 0.346. The molecule has 0 saturated heterocycles. The van der Waals surface area contributed by atoms with Crippen molar-refractivity contribution in [2.24, 2.45) is 0 Å². The smallest absolute Gasteiger partial charge is 0.550 e. The molecule has 64 valence electrons. The van der Waals surface area contributed by atoms with E-state index in [2.05, 4.69) is 0 Å². The summed E-state index contributed by atoms with van der Waals surface area (Å²) in [5, 5.41) is 18.1. The molecular formula is C7H11NaO4. The fourth-order valence-corrected chi connectivity index (χ4v) is 0.722. The summed E-state index contributed by atoms with van der Waals surface area (Å²) >= 11 is 0. The van der Waals surface area contributed by atoms with E-state index in [0.29, 0.717) is 19.3 Å². The Kier molecular flexibility index (Phi) is 10.9. The molecule has 0 aromatic rings. The number of carboxylic acids is 2. The van der Waals surface area contributed by atoms with Crippen LogP contribution in [-0.4, -0.2) is 17.0 Å². The van der Waals surface area contributed by atoms with Gasteiger partial charge in [0.25, 0.3) is 0 Å². The molecule has 0 aromatic carbocycles. The predicted octanol–water partition coefficient (Wildman–Crippen LogP) is -3.22. The summed E-state index contributed by atoms with van der Waals surface area (Å²) in [6.45, 7) is 0. The first-order valence-electron chi connectivity index (χ1n) is 3.54. The first kappa shape index (κ1) is 14.5. The van der Waals surface area contributed by atoms with Crippen molar-refractivity contribution in [2.75, 3.05) is 0 Å². The van der Waals surface area contributed by atoms with E-state index in [-0.39, 0.29) is 42.4 Å². The van der Waals surface area contributed by atoms with E-state index < -0.39 is 11.9 Å². The van der Waals surface area contributed by atoms with E-state index in [1.54, 1.807) is 0 Å². The Bertz CT molecular complexity index is 130. The van der Waals surface area contributed by atoms with Crippen LogP contribution in [0.1, 0.15) is 32.1 Å². The van der Waals surface area contributed by atoms with Gasteiger partial charge in [-0.05, 0) is 19.3 Å². The van der Waals surface area contributed by atoms with Gasteiger partial charge in [-0.3, -0.25) is 4.79 Å². The van der Waals surface area contributed by atoms with Gasteiger partial charge in [0.1, 0.15) is 0 Å². The Labute approximate surface area is 93.3 Å². The van der Waals surface area contributed by atoms with Crippen LogP contribution >= 0.6 is 0 Å². The molecule has 5 heteroatoms. The Morgan fingerprint density at radius 2 is 1.58 bits per heavy atom. The van der Waals surface area contributed by atoms with Crippen LogP contribution in [0.3, 0.4) is 0 Å². The zero-order valence-electron chi connectivity index (χ0n) is 7.21. The second-order valence-corrected chi connectivity index (χ2v) is 2.33. The number of aliphatic carboxylic acids is 2. The van der Waals surface area contributed by atoms with E-state index in [0.717, 1.165) is 0 Å². The largest absolute Gasteiger partial charge is 1.00 e. The maximum absolute atomic E-state index is 9.97. The first-order chi connectivity index (χ1) is 5.13. The van der Waals surface area contributed by atoms with Gasteiger partial charge in [-0.1, -0.05) is 6.42 Å². The van der Waals surface area contributed by atoms with Gasteiger partial charge in [-0.25, -0.2) is 0 Å². The molecule has 0 amide bonds. The topological polar surface area (TPSA) is 77.4 Å². The van der Waals surface area contributed by atoms with Crippen LogP contribution in [-0.2, 0) is 9.59 Å². The van der Waals surface area contributed by atoms with Crippen molar-refractivity contribution in [3.63, 3.8) is 0 Å². The molecule has 0 saturated carbocycles. The molecule has 12 heavy (non-hydrogen) atoms. The molecule has 0 bridgehead atoms. The van der Waals surface area contributed by atoms with Crippen molar-refractivity contribution >= 4 is 11.9 Å². The average Bonchev–Trinajstić information content (AvgIpc) is 1.85. The van der Waals surface area contributed by atoms with E-state index in [1.807, 2.05) is 0 Å². The number of unbranched alkanes of at least 4 members (excludes halogenated alkanes) is 2. The Morgan fingerprint density at radius 1 is 1.08 bits per heavy atom. The van der Waals surface area contributed by atoms with Gasteiger partial charge in [0, 0.05) is 12.4 Å². The van der Waals surface area contributed by atoms with Gasteiger partial charge in [-0.2, -0.15) is 0 Å². The monoisotopic (exact) mass is 182 g/mol. The average molecular weight is 182 g/mol. The molecule has 0 spiro atoms. The predicted molar refractivity (Wildman–Crippen MR) is 35.7 cm³/mol. The van der Waals surface area contributed by atoms with Crippen LogP contribution in [0, 0.1) is 0 Å². The minimum atomic E-state index is -1.07. The molecule has 0 fully saturated rings. The van der Waals surface area contributed by atoms with E-state index in [1.165, 1.54) is 0 Å². The summed E-state index contributed by atoms with van der Waals surface area (Å²) < 4.78 is 0. The summed E-state index contributed by atoms with van der Waals surface area (Å²) in [6, 6.07) is 0. The fourth-order valence-electron chi connectivity index (χ4n) is 0.722. The summed E-state index contributed by atoms with van der Waals surface area (Å²) in [7, 11) is 0. The zero-order chi connectivity index (χ0) is 8.69. The number of carbonyl (C=O) groups is 2. The zero-order valence-corrected chi connectivity index (χ0v) is 9.21. The number of hydrogen-bond acceptors (Lipinski definition) is 3. The van der Waals surface area contributed by atoms with Crippen molar-refractivity contribution in [3.05, 3.63) is 0 Å². The van der Waals surface area contributed by atoms with Crippen LogP contribution in [0.25, 0.3) is 0 Å². The third kappa shape index (κ3) is 12.6. The standard InChI is InChI=1S/C7H12O4.Na/c8-6(9)4-2-1-3-5-7(10)11;/h1-5H2,(H,8,9)(H,10,11);/q;+1/p-1. The Hall–Kier alpha value is -0.0600. The van der Waals surface area contributed by atoms with Crippen molar-refractivity contribution < 1.29 is 49.4 Å². The normalized spacial score (nSPS) is 8.67. The van der Waals surface area contributed by atoms with Crippen molar-refractivity contribution in [1.29, 1.82) is 0 Å². The molecule has 4 nitrogen and oxygen atoms in total. The maximum atomic E-state index is 9.97. The summed E-state index contributed by atoms with van der Waals surface area (Å²) in [4.78, 5) is 19.8. The maximum Gasteiger partial charge on any atom is 1.00 e. The van der Waals surface area contributed by atoms with Crippen molar-refractivity contribution in [2.45, 2.75) is 32.1 Å². The van der Waals surface area contributed by atoms with Crippen LogP contribution in [0.5, 0.6) is 0 Å². The van der Waals surface area contributed by atoms with Crippen LogP contribution in [0.4, 0.5) is 0 Å². The third-order valence-electron chi connectivity index (χ3n) is 1.27. The Morgan fingerprint density at radius 3 is 2.00 bits per heavy atom. The van der Waals surface area contributed by atoms with Gasteiger partial charge in [-0.15, -0.1) is 0 Å². The molecular weight excluding hydrogens is 171 g/mol. The molecule has 0 aliphatic rings. The number of carbonyl (C=O) groups excluding carboxylic acids is 1. The van der Waals surface area contributed by atoms with Crippen LogP contribution < -0.4 is 34.7 Å². The van der Waals surface area contributed by atoms with E-state index in [4.69, 9.17) is 5.11 Å². The Balaban J connectivity index is 0. The second-order valence-electron chi connectivity index (χ2n) is 2.33. The fraction of sp³-hybridized carbons (Fsp3) is 0.714. The third-order valence-corrected chi connectivity index (χ3v) is 1.27. The summed E-state index contributed by atoms with van der Waals surface area (Å²) in [5.74, 6) is -1.90. The van der Waals surface area contributed by atoms with Gasteiger partial charge in [0.15, 0.2) is 0 Å². The minimum absolute atomic E-state index is 0.